The van der Waals surface area contributed by atoms with Gasteiger partial charge in [-0.3, -0.25) is 0 Å². The van der Waals surface area contributed by atoms with Crippen molar-refractivity contribution < 1.29 is 22.4 Å². The van der Waals surface area contributed by atoms with E-state index in [0.29, 0.717) is 25.3 Å². The molecule has 0 saturated carbocycles. The third-order valence-electron chi connectivity index (χ3n) is 2.48. The molecule has 0 aliphatic heterocycles. The lowest BCUT2D eigenvalue weighted by atomic mass is 10.2. The predicted molar refractivity (Wildman–Crippen MR) is 68.8 cm³/mol. The van der Waals surface area contributed by atoms with Crippen molar-refractivity contribution in [3.8, 4) is 0 Å². The molecule has 0 amide bonds. The van der Waals surface area contributed by atoms with Gasteiger partial charge in [0.1, 0.15) is 5.84 Å². The van der Waals surface area contributed by atoms with E-state index >= 15 is 0 Å². The Labute approximate surface area is 115 Å². The second kappa shape index (κ2) is 7.15. The fourth-order valence-corrected chi connectivity index (χ4v) is 2.50. The second-order valence-corrected chi connectivity index (χ2v) is 5.79. The summed E-state index contributed by atoms with van der Waals surface area (Å²) in [7, 11) is -3.87. The molecular formula is C11H15F2N3O3S. The molecule has 0 unspecified atom stereocenters. The number of unbranched alkanes of at least 4 members (excludes halogenated alkanes) is 1. The van der Waals surface area contributed by atoms with Crippen LogP contribution >= 0.6 is 0 Å². The first-order valence-electron chi connectivity index (χ1n) is 5.78. The molecule has 0 saturated heterocycles. The Morgan fingerprint density at radius 3 is 2.60 bits per heavy atom. The molecule has 0 fully saturated rings. The third-order valence-corrected chi connectivity index (χ3v) is 3.94. The Morgan fingerprint density at radius 2 is 2.00 bits per heavy atom. The molecule has 4 N–H and O–H groups in total. The number of amidine groups is 1. The van der Waals surface area contributed by atoms with E-state index in [1.54, 1.807) is 0 Å². The minimum absolute atomic E-state index is 0.0634. The molecule has 1 rings (SSSR count). The lowest BCUT2D eigenvalue weighted by Crippen LogP contribution is -2.25. The summed E-state index contributed by atoms with van der Waals surface area (Å²) >= 11 is 0. The molecule has 6 nitrogen and oxygen atoms in total. The van der Waals surface area contributed by atoms with Crippen LogP contribution in [-0.4, -0.2) is 26.0 Å². The van der Waals surface area contributed by atoms with Gasteiger partial charge in [0.15, 0.2) is 11.6 Å². The van der Waals surface area contributed by atoms with E-state index in [0.717, 1.165) is 12.1 Å². The maximum absolute atomic E-state index is 13.0. The van der Waals surface area contributed by atoms with Crippen LogP contribution in [0.5, 0.6) is 0 Å². The van der Waals surface area contributed by atoms with Gasteiger partial charge < -0.3 is 10.9 Å². The molecule has 9 heteroatoms. The summed E-state index contributed by atoms with van der Waals surface area (Å²) in [5.74, 6) is -2.27. The zero-order valence-electron chi connectivity index (χ0n) is 10.5. The smallest absolute Gasteiger partial charge is 0.240 e. The number of sulfonamides is 1. The van der Waals surface area contributed by atoms with Crippen molar-refractivity contribution in [2.75, 3.05) is 6.54 Å². The van der Waals surface area contributed by atoms with E-state index in [9.17, 15) is 17.2 Å². The number of benzene rings is 1. The Balaban J connectivity index is 2.51. The highest BCUT2D eigenvalue weighted by Crippen LogP contribution is 2.13. The second-order valence-electron chi connectivity index (χ2n) is 4.02. The zero-order chi connectivity index (χ0) is 15.2. The molecule has 1 aromatic carbocycles. The first-order chi connectivity index (χ1) is 9.36. The van der Waals surface area contributed by atoms with Crippen LogP contribution in [-0.2, 0) is 10.0 Å². The monoisotopic (exact) mass is 307 g/mol. The van der Waals surface area contributed by atoms with Gasteiger partial charge in [-0.2, -0.15) is 0 Å². The minimum atomic E-state index is -3.87. The van der Waals surface area contributed by atoms with Crippen molar-refractivity contribution in [2.45, 2.75) is 24.2 Å². The number of rotatable bonds is 7. The summed E-state index contributed by atoms with van der Waals surface area (Å²) in [6.45, 7) is 0.111. The van der Waals surface area contributed by atoms with Crippen molar-refractivity contribution in [1.29, 1.82) is 0 Å². The molecular weight excluding hydrogens is 292 g/mol. The lowest BCUT2D eigenvalue weighted by Gasteiger charge is -2.07. The number of nitrogens with zero attached hydrogens (tertiary/aromatic N) is 1. The number of nitrogens with one attached hydrogen (secondary N) is 1. The molecule has 0 spiro atoms. The average Bonchev–Trinajstić information content (AvgIpc) is 2.40. The Kier molecular flexibility index (Phi) is 5.83. The van der Waals surface area contributed by atoms with Crippen LogP contribution in [0, 0.1) is 11.6 Å². The first-order valence-corrected chi connectivity index (χ1v) is 7.26. The quantitative estimate of drug-likeness (QED) is 0.231. The molecule has 0 aromatic heterocycles. The molecule has 1 aromatic rings. The first kappa shape index (κ1) is 16.3. The average molecular weight is 307 g/mol. The van der Waals surface area contributed by atoms with Crippen molar-refractivity contribution >= 4 is 15.9 Å². The molecule has 0 atom stereocenters. The van der Waals surface area contributed by atoms with Gasteiger partial charge in [0.05, 0.1) is 4.90 Å². The van der Waals surface area contributed by atoms with Crippen LogP contribution in [0.25, 0.3) is 0 Å². The van der Waals surface area contributed by atoms with Crippen LogP contribution in [0.2, 0.25) is 0 Å². The van der Waals surface area contributed by atoms with Gasteiger partial charge in [-0.1, -0.05) is 5.16 Å². The number of nitrogens with two attached hydrogens (primary N) is 1. The number of hydrogen-bond donors (Lipinski definition) is 3. The van der Waals surface area contributed by atoms with Crippen molar-refractivity contribution in [3.05, 3.63) is 29.8 Å². The number of hydrogen-bond acceptors (Lipinski definition) is 4. The highest BCUT2D eigenvalue weighted by molar-refractivity contribution is 7.89. The van der Waals surface area contributed by atoms with E-state index in [-0.39, 0.29) is 17.3 Å². The summed E-state index contributed by atoms with van der Waals surface area (Å²) < 4.78 is 51.5. The zero-order valence-corrected chi connectivity index (χ0v) is 11.3. The maximum Gasteiger partial charge on any atom is 0.240 e. The fraction of sp³-hybridized carbons (Fsp3) is 0.364. The highest BCUT2D eigenvalue weighted by atomic mass is 32.2. The van der Waals surface area contributed by atoms with Gasteiger partial charge in [-0.05, 0) is 31.0 Å². The van der Waals surface area contributed by atoms with Gasteiger partial charge in [-0.25, -0.2) is 21.9 Å². The number of oxime groups is 1. The molecule has 0 heterocycles. The van der Waals surface area contributed by atoms with Gasteiger partial charge in [0, 0.05) is 13.0 Å². The molecule has 0 aliphatic carbocycles. The van der Waals surface area contributed by atoms with Crippen LogP contribution in [0.4, 0.5) is 8.78 Å². The van der Waals surface area contributed by atoms with Gasteiger partial charge in [-0.15, -0.1) is 0 Å². The Hall–Kier alpha value is -1.74. The Bertz CT molecular complexity index is 591. The molecule has 20 heavy (non-hydrogen) atoms. The van der Waals surface area contributed by atoms with Gasteiger partial charge in [0.25, 0.3) is 0 Å². The van der Waals surface area contributed by atoms with Crippen LogP contribution < -0.4 is 10.5 Å². The van der Waals surface area contributed by atoms with E-state index in [2.05, 4.69) is 9.88 Å². The fourth-order valence-electron chi connectivity index (χ4n) is 1.41. The minimum Gasteiger partial charge on any atom is -0.409 e. The Morgan fingerprint density at radius 1 is 1.30 bits per heavy atom. The van der Waals surface area contributed by atoms with Crippen molar-refractivity contribution in [1.82, 2.24) is 4.72 Å². The lowest BCUT2D eigenvalue weighted by molar-refractivity contribution is 0.316. The summed E-state index contributed by atoms with van der Waals surface area (Å²) in [4.78, 5) is -0.340. The topological polar surface area (TPSA) is 105 Å². The van der Waals surface area contributed by atoms with E-state index in [1.165, 1.54) is 0 Å². The SMILES string of the molecule is NC(CCCCNS(=O)(=O)c1ccc(F)c(F)c1)=NO. The summed E-state index contributed by atoms with van der Waals surface area (Å²) in [5, 5.41) is 11.1. The molecule has 0 radical (unpaired) electrons. The van der Waals surface area contributed by atoms with Crippen molar-refractivity contribution in [2.24, 2.45) is 10.9 Å². The standard InChI is InChI=1S/C11H15F2N3O3S/c12-9-5-4-8(7-10(9)13)20(18,19)15-6-2-1-3-11(14)16-17/h4-5,7,15,17H,1-3,6H2,(H2,14,16). The normalized spacial score (nSPS) is 12.6. The molecule has 0 bridgehead atoms. The number of halogens is 2. The van der Waals surface area contributed by atoms with Crippen LogP contribution in [0.3, 0.4) is 0 Å². The highest BCUT2D eigenvalue weighted by Gasteiger charge is 2.15. The third kappa shape index (κ3) is 4.74. The van der Waals surface area contributed by atoms with E-state index in [4.69, 9.17) is 10.9 Å². The van der Waals surface area contributed by atoms with Crippen LogP contribution in [0.15, 0.2) is 28.3 Å². The molecule has 112 valence electrons. The van der Waals surface area contributed by atoms with Crippen LogP contribution in [0.1, 0.15) is 19.3 Å². The van der Waals surface area contributed by atoms with Crippen molar-refractivity contribution in [3.63, 3.8) is 0 Å². The van der Waals surface area contributed by atoms with E-state index in [1.807, 2.05) is 0 Å². The summed E-state index contributed by atoms with van der Waals surface area (Å²) in [5.41, 5.74) is 5.25. The molecule has 0 aliphatic rings. The maximum atomic E-state index is 13.0. The predicted octanol–water partition coefficient (Wildman–Crippen LogP) is 1.16. The largest absolute Gasteiger partial charge is 0.409 e. The van der Waals surface area contributed by atoms with Gasteiger partial charge in [0.2, 0.25) is 10.0 Å². The summed E-state index contributed by atoms with van der Waals surface area (Å²) in [6, 6.07) is 2.35. The van der Waals surface area contributed by atoms with Gasteiger partial charge >= 0.3 is 0 Å². The summed E-state index contributed by atoms with van der Waals surface area (Å²) in [6.07, 6.45) is 1.32. The van der Waals surface area contributed by atoms with E-state index < -0.39 is 21.7 Å².